The number of carbonyl (C=O) groups is 2. The van der Waals surface area contributed by atoms with Gasteiger partial charge in [-0.2, -0.15) is 0 Å². The van der Waals surface area contributed by atoms with E-state index in [0.29, 0.717) is 17.9 Å². The molecule has 0 fully saturated rings. The summed E-state index contributed by atoms with van der Waals surface area (Å²) in [4.78, 5) is 23.1. The molecule has 0 N–H and O–H groups in total. The Morgan fingerprint density at radius 3 is 1.49 bits per heavy atom. The minimum Gasteiger partial charge on any atom is -0.423 e. The van der Waals surface area contributed by atoms with Crippen molar-refractivity contribution < 1.29 is 19.1 Å². The third kappa shape index (κ3) is 4.91. The van der Waals surface area contributed by atoms with E-state index >= 15 is 0 Å². The third-order valence-electron chi connectivity index (χ3n) is 6.26. The van der Waals surface area contributed by atoms with E-state index in [9.17, 15) is 9.59 Å². The van der Waals surface area contributed by atoms with Gasteiger partial charge in [-0.3, -0.25) is 0 Å². The fourth-order valence-corrected chi connectivity index (χ4v) is 4.60. The minimum atomic E-state index is -0.486. The first-order chi connectivity index (χ1) is 18.1. The number of ether oxygens (including phenoxy) is 2. The Kier molecular flexibility index (Phi) is 6.64. The monoisotopic (exact) mass is 484 g/mol. The maximum atomic E-state index is 11.6. The average molecular weight is 485 g/mol. The van der Waals surface area contributed by atoms with E-state index in [1.165, 1.54) is 16.3 Å². The summed E-state index contributed by atoms with van der Waals surface area (Å²) in [5.41, 5.74) is 4.49. The lowest BCUT2D eigenvalue weighted by molar-refractivity contribution is -0.129. The second-order valence-corrected chi connectivity index (χ2v) is 8.54. The van der Waals surface area contributed by atoms with Crippen LogP contribution in [0, 0.1) is 0 Å². The van der Waals surface area contributed by atoms with Crippen LogP contribution < -0.4 is 9.47 Å². The number of carbonyl (C=O) groups excluding carboxylic acids is 2. The van der Waals surface area contributed by atoms with Gasteiger partial charge >= 0.3 is 11.9 Å². The van der Waals surface area contributed by atoms with Gasteiger partial charge in [-0.15, -0.1) is 0 Å². The van der Waals surface area contributed by atoms with E-state index in [1.54, 1.807) is 24.3 Å². The molecule has 4 nitrogen and oxygen atoms in total. The van der Waals surface area contributed by atoms with Gasteiger partial charge < -0.3 is 9.47 Å². The van der Waals surface area contributed by atoms with Crippen LogP contribution in [0.4, 0.5) is 0 Å². The third-order valence-corrected chi connectivity index (χ3v) is 6.26. The number of benzene rings is 5. The van der Waals surface area contributed by atoms with E-state index in [4.69, 9.17) is 9.47 Å². The van der Waals surface area contributed by atoms with Gasteiger partial charge in [0.1, 0.15) is 11.5 Å². The van der Waals surface area contributed by atoms with E-state index in [2.05, 4.69) is 49.6 Å². The van der Waals surface area contributed by atoms with Crippen LogP contribution in [0.2, 0.25) is 0 Å². The van der Waals surface area contributed by atoms with Gasteiger partial charge in [-0.05, 0) is 74.5 Å². The summed E-state index contributed by atoms with van der Waals surface area (Å²) in [7, 11) is 0. The lowest BCUT2D eigenvalue weighted by Gasteiger charge is -2.18. The Morgan fingerprint density at radius 1 is 0.595 bits per heavy atom. The Bertz CT molecular complexity index is 1590. The SMILES string of the molecule is C=CC(=O)Oc1ccc(Cc2c3ccccc3c(-c3ccc(OC(=O)C=C)cc3)c3ccccc23)cc1. The highest BCUT2D eigenvalue weighted by Crippen LogP contribution is 2.40. The summed E-state index contributed by atoms with van der Waals surface area (Å²) in [6, 6.07) is 31.9. The van der Waals surface area contributed by atoms with E-state index < -0.39 is 11.9 Å². The fourth-order valence-electron chi connectivity index (χ4n) is 4.60. The molecule has 0 atom stereocenters. The standard InChI is InChI=1S/C33H24O4/c1-3-31(34)36-24-17-13-22(14-18-24)21-30-26-9-5-7-11-28(26)33(29-12-8-6-10-27(29)30)23-15-19-25(20-16-23)37-32(35)4-2/h3-20H,1-2,21H2. The van der Waals surface area contributed by atoms with Gasteiger partial charge in [-0.25, -0.2) is 9.59 Å². The molecule has 0 saturated heterocycles. The lowest BCUT2D eigenvalue weighted by Crippen LogP contribution is -2.03. The van der Waals surface area contributed by atoms with Crippen LogP contribution in [-0.4, -0.2) is 11.9 Å². The second-order valence-electron chi connectivity index (χ2n) is 8.54. The zero-order valence-electron chi connectivity index (χ0n) is 20.1. The maximum absolute atomic E-state index is 11.6. The van der Waals surface area contributed by atoms with Crippen LogP contribution >= 0.6 is 0 Å². The second kappa shape index (κ2) is 10.3. The Labute approximate surface area is 215 Å². The summed E-state index contributed by atoms with van der Waals surface area (Å²) in [6.07, 6.45) is 3.01. The van der Waals surface area contributed by atoms with E-state index in [1.807, 2.05) is 36.4 Å². The first-order valence-electron chi connectivity index (χ1n) is 11.9. The molecule has 0 amide bonds. The van der Waals surface area contributed by atoms with Crippen molar-refractivity contribution in [1.29, 1.82) is 0 Å². The largest absolute Gasteiger partial charge is 0.423 e. The molecule has 0 aromatic heterocycles. The van der Waals surface area contributed by atoms with Gasteiger partial charge in [0.2, 0.25) is 0 Å². The molecule has 180 valence electrons. The fraction of sp³-hybridized carbons (Fsp3) is 0.0303. The molecule has 0 unspecified atom stereocenters. The molecule has 0 bridgehead atoms. The van der Waals surface area contributed by atoms with Gasteiger partial charge in [0.15, 0.2) is 0 Å². The van der Waals surface area contributed by atoms with Crippen LogP contribution in [-0.2, 0) is 16.0 Å². The Balaban J connectivity index is 1.61. The highest BCUT2D eigenvalue weighted by Gasteiger charge is 2.16. The van der Waals surface area contributed by atoms with Crippen molar-refractivity contribution >= 4 is 33.5 Å². The predicted octanol–water partition coefficient (Wildman–Crippen LogP) is 7.43. The summed E-state index contributed by atoms with van der Waals surface area (Å²) >= 11 is 0. The minimum absolute atomic E-state index is 0.473. The summed E-state index contributed by atoms with van der Waals surface area (Å²) in [5, 5.41) is 4.62. The van der Waals surface area contributed by atoms with Crippen molar-refractivity contribution in [3.05, 3.63) is 133 Å². The molecule has 5 aromatic carbocycles. The number of hydrogen-bond acceptors (Lipinski definition) is 4. The van der Waals surface area contributed by atoms with Crippen molar-refractivity contribution in [3.63, 3.8) is 0 Å². The smallest absolute Gasteiger partial charge is 0.335 e. The van der Waals surface area contributed by atoms with Crippen LogP contribution in [0.5, 0.6) is 11.5 Å². The Morgan fingerprint density at radius 2 is 1.03 bits per heavy atom. The molecule has 5 rings (SSSR count). The van der Waals surface area contributed by atoms with Crippen molar-refractivity contribution in [2.45, 2.75) is 6.42 Å². The normalized spacial score (nSPS) is 10.7. The highest BCUT2D eigenvalue weighted by atomic mass is 16.5. The summed E-state index contributed by atoms with van der Waals surface area (Å²) in [5.74, 6) is -0.00541. The molecule has 0 aliphatic rings. The predicted molar refractivity (Wildman–Crippen MR) is 148 cm³/mol. The molecule has 5 aromatic rings. The molecule has 0 aliphatic heterocycles. The quantitative estimate of drug-likeness (QED) is 0.104. The highest BCUT2D eigenvalue weighted by molar-refractivity contribution is 6.15. The van der Waals surface area contributed by atoms with Crippen molar-refractivity contribution in [3.8, 4) is 22.6 Å². The molecular weight excluding hydrogens is 460 g/mol. The van der Waals surface area contributed by atoms with Crippen LogP contribution in [0.15, 0.2) is 122 Å². The molecular formula is C33H24O4. The van der Waals surface area contributed by atoms with Crippen LogP contribution in [0.25, 0.3) is 32.7 Å². The summed E-state index contributed by atoms with van der Waals surface area (Å²) in [6.45, 7) is 6.89. The average Bonchev–Trinajstić information content (AvgIpc) is 2.94. The zero-order chi connectivity index (χ0) is 25.8. The molecule has 0 aliphatic carbocycles. The molecule has 0 spiro atoms. The Hall–Kier alpha value is -4.96. The first kappa shape index (κ1) is 23.8. The van der Waals surface area contributed by atoms with E-state index in [-0.39, 0.29) is 0 Å². The molecule has 0 saturated carbocycles. The molecule has 4 heteroatoms. The number of fused-ring (bicyclic) bond motifs is 2. The van der Waals surface area contributed by atoms with Crippen molar-refractivity contribution in [2.24, 2.45) is 0 Å². The van der Waals surface area contributed by atoms with Gasteiger partial charge in [0.05, 0.1) is 0 Å². The topological polar surface area (TPSA) is 52.6 Å². The number of rotatable bonds is 7. The molecule has 0 heterocycles. The lowest BCUT2D eigenvalue weighted by atomic mass is 9.86. The first-order valence-corrected chi connectivity index (χ1v) is 11.9. The maximum Gasteiger partial charge on any atom is 0.335 e. The van der Waals surface area contributed by atoms with Crippen LogP contribution in [0.1, 0.15) is 11.1 Å². The van der Waals surface area contributed by atoms with Crippen LogP contribution in [0.3, 0.4) is 0 Å². The molecule has 0 radical (unpaired) electrons. The number of hydrogen-bond donors (Lipinski definition) is 0. The van der Waals surface area contributed by atoms with Gasteiger partial charge in [0, 0.05) is 12.2 Å². The summed E-state index contributed by atoms with van der Waals surface area (Å²) < 4.78 is 10.5. The van der Waals surface area contributed by atoms with Gasteiger partial charge in [-0.1, -0.05) is 86.0 Å². The van der Waals surface area contributed by atoms with Gasteiger partial charge in [0.25, 0.3) is 0 Å². The van der Waals surface area contributed by atoms with E-state index in [0.717, 1.165) is 39.6 Å². The molecule has 37 heavy (non-hydrogen) atoms. The number of esters is 2. The van der Waals surface area contributed by atoms with Crippen molar-refractivity contribution in [2.75, 3.05) is 0 Å². The zero-order valence-corrected chi connectivity index (χ0v) is 20.1. The van der Waals surface area contributed by atoms with Crippen molar-refractivity contribution in [1.82, 2.24) is 0 Å².